The summed E-state index contributed by atoms with van der Waals surface area (Å²) in [5, 5.41) is 8.99. The molecule has 1 N–H and O–H groups in total. The van der Waals surface area contributed by atoms with Gasteiger partial charge in [0.2, 0.25) is 0 Å². The Morgan fingerprint density at radius 2 is 2.00 bits per heavy atom. The first-order valence-corrected chi connectivity index (χ1v) is 5.00. The summed E-state index contributed by atoms with van der Waals surface area (Å²) >= 11 is 0. The highest BCUT2D eigenvalue weighted by molar-refractivity contribution is 5.14. The molecule has 0 aromatic carbocycles. The summed E-state index contributed by atoms with van der Waals surface area (Å²) in [5.74, 6) is 1.41. The Hall–Kier alpha value is -1.30. The van der Waals surface area contributed by atoms with Gasteiger partial charge in [0, 0.05) is 11.9 Å². The lowest BCUT2D eigenvalue weighted by molar-refractivity contribution is 0.564. The third-order valence-electron chi connectivity index (χ3n) is 2.34. The van der Waals surface area contributed by atoms with Crippen molar-refractivity contribution in [1.29, 1.82) is 5.26 Å². The highest BCUT2D eigenvalue weighted by Gasteiger charge is 2.18. The van der Waals surface area contributed by atoms with Crippen LogP contribution in [-0.4, -0.2) is 9.97 Å². The average molecular weight is 191 g/mol. The maximum atomic E-state index is 8.99. The largest absolute Gasteiger partial charge is 0.345 e. The van der Waals surface area contributed by atoms with Gasteiger partial charge in [0.25, 0.3) is 0 Å². The highest BCUT2D eigenvalue weighted by atomic mass is 14.9. The van der Waals surface area contributed by atoms with Gasteiger partial charge in [-0.15, -0.1) is 0 Å². The number of aromatic amines is 1. The molecule has 0 aliphatic heterocycles. The van der Waals surface area contributed by atoms with Crippen LogP contribution in [-0.2, 0) is 0 Å². The van der Waals surface area contributed by atoms with E-state index in [1.165, 1.54) is 0 Å². The number of hydrogen-bond acceptors (Lipinski definition) is 2. The molecule has 1 heterocycles. The Kier molecular flexibility index (Phi) is 3.29. The van der Waals surface area contributed by atoms with Crippen LogP contribution in [0.4, 0.5) is 0 Å². The Balaban J connectivity index is 2.91. The van der Waals surface area contributed by atoms with Crippen LogP contribution >= 0.6 is 0 Å². The molecule has 1 atom stereocenters. The van der Waals surface area contributed by atoms with Crippen LogP contribution in [0.5, 0.6) is 0 Å². The molecule has 0 aliphatic carbocycles. The normalized spacial score (nSPS) is 13.2. The van der Waals surface area contributed by atoms with Gasteiger partial charge in [0.05, 0.1) is 6.07 Å². The van der Waals surface area contributed by atoms with E-state index in [2.05, 4.69) is 29.9 Å². The summed E-state index contributed by atoms with van der Waals surface area (Å²) in [7, 11) is 0. The molecule has 1 aromatic heterocycles. The molecule has 1 aromatic rings. The van der Waals surface area contributed by atoms with Crippen molar-refractivity contribution in [3.63, 3.8) is 0 Å². The van der Waals surface area contributed by atoms with Crippen LogP contribution in [0.3, 0.4) is 0 Å². The topological polar surface area (TPSA) is 52.5 Å². The number of imidazole rings is 1. The van der Waals surface area contributed by atoms with Gasteiger partial charge in [0.15, 0.2) is 0 Å². The second-order valence-electron chi connectivity index (χ2n) is 4.23. The molecule has 0 saturated heterocycles. The zero-order valence-corrected chi connectivity index (χ0v) is 9.20. The molecule has 0 radical (unpaired) electrons. The van der Waals surface area contributed by atoms with Gasteiger partial charge in [-0.3, -0.25) is 0 Å². The van der Waals surface area contributed by atoms with Gasteiger partial charge in [-0.25, -0.2) is 4.98 Å². The summed E-state index contributed by atoms with van der Waals surface area (Å²) in [5.41, 5.74) is 1.10. The molecule has 76 valence electrons. The number of nitrogens with zero attached hydrogens (tertiary/aromatic N) is 2. The molecule has 0 saturated carbocycles. The van der Waals surface area contributed by atoms with E-state index in [1.807, 2.05) is 20.0 Å². The third-order valence-corrected chi connectivity index (χ3v) is 2.34. The second kappa shape index (κ2) is 4.28. The van der Waals surface area contributed by atoms with Crippen LogP contribution in [0.15, 0.2) is 6.20 Å². The average Bonchev–Trinajstić information content (AvgIpc) is 2.53. The molecular formula is C11H17N3. The van der Waals surface area contributed by atoms with E-state index >= 15 is 0 Å². The Labute approximate surface area is 85.2 Å². The molecular weight excluding hydrogens is 174 g/mol. The van der Waals surface area contributed by atoms with Gasteiger partial charge in [0.1, 0.15) is 11.7 Å². The van der Waals surface area contributed by atoms with Crippen molar-refractivity contribution in [2.24, 2.45) is 5.92 Å². The first kappa shape index (κ1) is 10.8. The predicted octanol–water partition coefficient (Wildman–Crippen LogP) is 2.80. The number of rotatable bonds is 3. The lowest BCUT2D eigenvalue weighted by Gasteiger charge is -2.09. The van der Waals surface area contributed by atoms with Crippen molar-refractivity contribution in [1.82, 2.24) is 9.97 Å². The minimum absolute atomic E-state index is 0.123. The minimum Gasteiger partial charge on any atom is -0.345 e. The van der Waals surface area contributed by atoms with Gasteiger partial charge in [-0.2, -0.15) is 5.26 Å². The van der Waals surface area contributed by atoms with E-state index in [-0.39, 0.29) is 5.92 Å². The molecule has 1 unspecified atom stereocenters. The fourth-order valence-corrected chi connectivity index (χ4v) is 1.33. The van der Waals surface area contributed by atoms with E-state index in [0.717, 1.165) is 11.5 Å². The van der Waals surface area contributed by atoms with Crippen molar-refractivity contribution in [2.45, 2.75) is 39.5 Å². The van der Waals surface area contributed by atoms with Crippen molar-refractivity contribution >= 4 is 0 Å². The van der Waals surface area contributed by atoms with Crippen molar-refractivity contribution in [2.75, 3.05) is 0 Å². The Morgan fingerprint density at radius 3 is 2.36 bits per heavy atom. The summed E-state index contributed by atoms with van der Waals surface area (Å²) in [4.78, 5) is 7.46. The lowest BCUT2D eigenvalue weighted by Crippen LogP contribution is -2.06. The molecule has 1 rings (SSSR count). The summed E-state index contributed by atoms with van der Waals surface area (Å²) in [6, 6.07) is 2.28. The zero-order valence-electron chi connectivity index (χ0n) is 9.20. The molecule has 3 heteroatoms. The number of nitriles is 1. The van der Waals surface area contributed by atoms with Crippen LogP contribution in [0.2, 0.25) is 0 Å². The number of aromatic nitrogens is 2. The smallest absolute Gasteiger partial charge is 0.123 e. The van der Waals surface area contributed by atoms with E-state index < -0.39 is 0 Å². The monoisotopic (exact) mass is 191 g/mol. The fraction of sp³-hybridized carbons (Fsp3) is 0.636. The number of hydrogen-bond donors (Lipinski definition) is 1. The van der Waals surface area contributed by atoms with Crippen LogP contribution in [0, 0.1) is 17.2 Å². The van der Waals surface area contributed by atoms with E-state index in [4.69, 9.17) is 5.26 Å². The molecule has 0 aliphatic rings. The molecule has 14 heavy (non-hydrogen) atoms. The first-order chi connectivity index (χ1) is 6.56. The summed E-state index contributed by atoms with van der Waals surface area (Å²) in [6.07, 6.45) is 1.83. The molecule has 0 spiro atoms. The SMILES string of the molecule is CC(C)c1cnc(C(C#N)C(C)C)[nH]1. The maximum absolute atomic E-state index is 8.99. The molecule has 0 bridgehead atoms. The van der Waals surface area contributed by atoms with Crippen molar-refractivity contribution < 1.29 is 0 Å². The maximum Gasteiger partial charge on any atom is 0.123 e. The first-order valence-electron chi connectivity index (χ1n) is 5.00. The highest BCUT2D eigenvalue weighted by Crippen LogP contribution is 2.22. The van der Waals surface area contributed by atoms with Crippen LogP contribution in [0.1, 0.15) is 51.0 Å². The standard InChI is InChI=1S/C11H17N3/c1-7(2)9(5-12)11-13-6-10(14-11)8(3)4/h6-9H,1-4H3,(H,13,14). The van der Waals surface area contributed by atoms with Crippen molar-refractivity contribution in [3.8, 4) is 6.07 Å². The predicted molar refractivity (Wildman–Crippen MR) is 55.9 cm³/mol. The van der Waals surface area contributed by atoms with Crippen molar-refractivity contribution in [3.05, 3.63) is 17.7 Å². The van der Waals surface area contributed by atoms with Crippen LogP contribution < -0.4 is 0 Å². The molecule has 3 nitrogen and oxygen atoms in total. The van der Waals surface area contributed by atoms with Gasteiger partial charge < -0.3 is 4.98 Å². The van der Waals surface area contributed by atoms with Crippen LogP contribution in [0.25, 0.3) is 0 Å². The minimum atomic E-state index is -0.123. The van der Waals surface area contributed by atoms with E-state index in [0.29, 0.717) is 11.8 Å². The van der Waals surface area contributed by atoms with Gasteiger partial charge in [-0.1, -0.05) is 27.7 Å². The Bertz CT molecular complexity index is 331. The summed E-state index contributed by atoms with van der Waals surface area (Å²) in [6.45, 7) is 8.28. The number of H-pyrrole nitrogens is 1. The number of nitrogens with one attached hydrogen (secondary N) is 1. The van der Waals surface area contributed by atoms with E-state index in [1.54, 1.807) is 0 Å². The lowest BCUT2D eigenvalue weighted by atomic mass is 9.97. The molecule has 0 fully saturated rings. The zero-order chi connectivity index (χ0) is 10.7. The summed E-state index contributed by atoms with van der Waals surface area (Å²) < 4.78 is 0. The third kappa shape index (κ3) is 2.14. The molecule has 0 amide bonds. The van der Waals surface area contributed by atoms with Gasteiger partial charge >= 0.3 is 0 Å². The van der Waals surface area contributed by atoms with Gasteiger partial charge in [-0.05, 0) is 11.8 Å². The van der Waals surface area contributed by atoms with E-state index in [9.17, 15) is 0 Å². The Morgan fingerprint density at radius 1 is 1.36 bits per heavy atom. The fourth-order valence-electron chi connectivity index (χ4n) is 1.33. The second-order valence-corrected chi connectivity index (χ2v) is 4.23. The quantitative estimate of drug-likeness (QED) is 0.798.